The minimum Gasteiger partial charge on any atom is -0.436 e. The first kappa shape index (κ1) is 33.6. The molecule has 58 heavy (non-hydrogen) atoms. The van der Waals surface area contributed by atoms with Crippen LogP contribution in [-0.4, -0.2) is 9.55 Å². The summed E-state index contributed by atoms with van der Waals surface area (Å²) in [6, 6.07) is 77.9. The van der Waals surface area contributed by atoms with Crippen molar-refractivity contribution in [3.63, 3.8) is 0 Å². The molecule has 0 fully saturated rings. The van der Waals surface area contributed by atoms with Crippen molar-refractivity contribution in [2.45, 2.75) is 0 Å². The van der Waals surface area contributed by atoms with E-state index in [4.69, 9.17) is 9.40 Å². The standard InChI is InChI=1S/C55H36N2O/c1-2-13-37(14-3-1)41-15-12-16-42(35-41)43-31-34-53-50(36-43)49-21-8-10-23-52(49)57(53)44-32-29-39(30-33-44)46-18-5-7-20-48(46)47-19-6-4-17-45(47)38-25-27-40(28-26-38)55-56-51-22-9-11-24-54(51)58-55/h1-36H. The summed E-state index contributed by atoms with van der Waals surface area (Å²) in [5.74, 6) is 0.630. The van der Waals surface area contributed by atoms with E-state index in [1.165, 1.54) is 71.9 Å². The van der Waals surface area contributed by atoms with Gasteiger partial charge in [-0.1, -0.05) is 158 Å². The first-order valence-corrected chi connectivity index (χ1v) is 19.7. The summed E-state index contributed by atoms with van der Waals surface area (Å²) in [7, 11) is 0. The fourth-order valence-electron chi connectivity index (χ4n) is 8.46. The van der Waals surface area contributed by atoms with Gasteiger partial charge in [0, 0.05) is 22.0 Å². The number of para-hydroxylation sites is 3. The summed E-state index contributed by atoms with van der Waals surface area (Å²) in [5, 5.41) is 2.48. The van der Waals surface area contributed by atoms with Crippen LogP contribution in [0, 0.1) is 0 Å². The van der Waals surface area contributed by atoms with Gasteiger partial charge in [-0.25, -0.2) is 4.98 Å². The van der Waals surface area contributed by atoms with Gasteiger partial charge in [0.2, 0.25) is 5.89 Å². The van der Waals surface area contributed by atoms with Gasteiger partial charge in [0.05, 0.1) is 11.0 Å². The van der Waals surface area contributed by atoms with E-state index in [0.717, 1.165) is 27.9 Å². The zero-order valence-corrected chi connectivity index (χ0v) is 31.6. The topological polar surface area (TPSA) is 31.0 Å². The number of hydrogen-bond acceptors (Lipinski definition) is 2. The molecule has 2 heterocycles. The van der Waals surface area contributed by atoms with Crippen LogP contribution in [0.2, 0.25) is 0 Å². The minimum atomic E-state index is 0.630. The molecule has 0 radical (unpaired) electrons. The molecule has 0 spiro atoms. The maximum atomic E-state index is 6.06. The largest absolute Gasteiger partial charge is 0.436 e. The SMILES string of the molecule is c1ccc(-c2cccc(-c3ccc4c(c3)c3ccccc3n4-c3ccc(-c4ccccc4-c4ccccc4-c4ccc(-c5nc6ccccc6o5)cc4)cc3)c2)cc1. The van der Waals surface area contributed by atoms with Crippen molar-refractivity contribution in [2.75, 3.05) is 0 Å². The predicted octanol–water partition coefficient (Wildman–Crippen LogP) is 14.9. The molecule has 3 heteroatoms. The predicted molar refractivity (Wildman–Crippen MR) is 241 cm³/mol. The number of rotatable bonds is 7. The average molecular weight is 741 g/mol. The highest BCUT2D eigenvalue weighted by atomic mass is 16.3. The Morgan fingerprint density at radius 3 is 1.57 bits per heavy atom. The highest BCUT2D eigenvalue weighted by Crippen LogP contribution is 2.40. The third-order valence-electron chi connectivity index (χ3n) is 11.3. The van der Waals surface area contributed by atoms with Gasteiger partial charge in [-0.05, 0) is 116 Å². The van der Waals surface area contributed by atoms with Gasteiger partial charge in [0.15, 0.2) is 5.58 Å². The molecule has 11 rings (SSSR count). The van der Waals surface area contributed by atoms with Crippen molar-refractivity contribution >= 4 is 32.9 Å². The van der Waals surface area contributed by atoms with Crippen LogP contribution >= 0.6 is 0 Å². The smallest absolute Gasteiger partial charge is 0.227 e. The van der Waals surface area contributed by atoms with E-state index in [1.54, 1.807) is 0 Å². The molecule has 0 saturated carbocycles. The normalized spacial score (nSPS) is 11.4. The molecule has 0 saturated heterocycles. The number of hydrogen-bond donors (Lipinski definition) is 0. The molecule has 0 bridgehead atoms. The van der Waals surface area contributed by atoms with Gasteiger partial charge >= 0.3 is 0 Å². The number of aromatic nitrogens is 2. The molecule has 0 aliphatic carbocycles. The van der Waals surface area contributed by atoms with Crippen LogP contribution in [-0.2, 0) is 0 Å². The van der Waals surface area contributed by atoms with E-state index in [1.807, 2.05) is 24.3 Å². The molecule has 2 aromatic heterocycles. The van der Waals surface area contributed by atoms with Gasteiger partial charge in [0.25, 0.3) is 0 Å². The molecule has 272 valence electrons. The lowest BCUT2D eigenvalue weighted by Crippen LogP contribution is -1.94. The fraction of sp³-hybridized carbons (Fsp3) is 0. The Hall–Kier alpha value is -7.75. The highest BCUT2D eigenvalue weighted by molar-refractivity contribution is 6.10. The number of oxazole rings is 1. The lowest BCUT2D eigenvalue weighted by atomic mass is 9.89. The maximum Gasteiger partial charge on any atom is 0.227 e. The summed E-state index contributed by atoms with van der Waals surface area (Å²) >= 11 is 0. The van der Waals surface area contributed by atoms with E-state index in [0.29, 0.717) is 5.89 Å². The van der Waals surface area contributed by atoms with Gasteiger partial charge in [-0.2, -0.15) is 0 Å². The van der Waals surface area contributed by atoms with E-state index in [-0.39, 0.29) is 0 Å². The molecule has 0 amide bonds. The molecule has 0 N–H and O–H groups in total. The van der Waals surface area contributed by atoms with Crippen molar-refractivity contribution in [1.29, 1.82) is 0 Å². The molecule has 0 atom stereocenters. The molecular weight excluding hydrogens is 705 g/mol. The third-order valence-corrected chi connectivity index (χ3v) is 11.3. The van der Waals surface area contributed by atoms with Crippen LogP contribution in [0.15, 0.2) is 223 Å². The summed E-state index contributed by atoms with van der Waals surface area (Å²) in [4.78, 5) is 4.71. The third kappa shape index (κ3) is 5.89. The van der Waals surface area contributed by atoms with E-state index in [2.05, 4.69) is 199 Å². The van der Waals surface area contributed by atoms with Crippen LogP contribution in [0.1, 0.15) is 0 Å². The van der Waals surface area contributed by atoms with Crippen molar-refractivity contribution in [3.05, 3.63) is 218 Å². The molecule has 0 aliphatic rings. The lowest BCUT2D eigenvalue weighted by Gasteiger charge is -2.16. The summed E-state index contributed by atoms with van der Waals surface area (Å²) in [6.45, 7) is 0. The zero-order valence-electron chi connectivity index (χ0n) is 31.6. The first-order chi connectivity index (χ1) is 28.7. The van der Waals surface area contributed by atoms with Crippen molar-refractivity contribution in [2.24, 2.45) is 0 Å². The van der Waals surface area contributed by atoms with Crippen LogP contribution < -0.4 is 0 Å². The van der Waals surface area contributed by atoms with Gasteiger partial charge in [-0.15, -0.1) is 0 Å². The number of benzene rings is 9. The summed E-state index contributed by atoms with van der Waals surface area (Å²) < 4.78 is 8.45. The van der Waals surface area contributed by atoms with Gasteiger partial charge in [-0.3, -0.25) is 0 Å². The first-order valence-electron chi connectivity index (χ1n) is 19.7. The Kier molecular flexibility index (Phi) is 8.15. The van der Waals surface area contributed by atoms with Crippen molar-refractivity contribution in [1.82, 2.24) is 9.55 Å². The van der Waals surface area contributed by atoms with Crippen molar-refractivity contribution < 1.29 is 4.42 Å². The van der Waals surface area contributed by atoms with E-state index in [9.17, 15) is 0 Å². The lowest BCUT2D eigenvalue weighted by molar-refractivity contribution is 0.620. The summed E-state index contributed by atoms with van der Waals surface area (Å²) in [6.07, 6.45) is 0. The van der Waals surface area contributed by atoms with E-state index >= 15 is 0 Å². The van der Waals surface area contributed by atoms with Crippen LogP contribution in [0.3, 0.4) is 0 Å². The minimum absolute atomic E-state index is 0.630. The van der Waals surface area contributed by atoms with Crippen LogP contribution in [0.5, 0.6) is 0 Å². The van der Waals surface area contributed by atoms with Crippen LogP contribution in [0.4, 0.5) is 0 Å². The molecule has 11 aromatic rings. The zero-order chi connectivity index (χ0) is 38.4. The summed E-state index contributed by atoms with van der Waals surface area (Å²) in [5.41, 5.74) is 18.0. The monoisotopic (exact) mass is 740 g/mol. The van der Waals surface area contributed by atoms with Crippen LogP contribution in [0.25, 0.3) is 106 Å². The molecule has 0 aliphatic heterocycles. The number of nitrogens with zero attached hydrogens (tertiary/aromatic N) is 2. The highest BCUT2D eigenvalue weighted by Gasteiger charge is 2.16. The second-order valence-corrected chi connectivity index (χ2v) is 14.7. The average Bonchev–Trinajstić information content (AvgIpc) is 3.89. The van der Waals surface area contributed by atoms with E-state index < -0.39 is 0 Å². The Morgan fingerprint density at radius 2 is 0.845 bits per heavy atom. The van der Waals surface area contributed by atoms with Crippen molar-refractivity contribution in [3.8, 4) is 72.8 Å². The number of fused-ring (bicyclic) bond motifs is 4. The Morgan fingerprint density at radius 1 is 0.328 bits per heavy atom. The second kappa shape index (κ2) is 14.1. The molecule has 0 unspecified atom stereocenters. The Bertz CT molecular complexity index is 3230. The molecule has 3 nitrogen and oxygen atoms in total. The quantitative estimate of drug-likeness (QED) is 0.163. The Labute approximate surface area is 336 Å². The molecule has 9 aromatic carbocycles. The molecular formula is C55H36N2O. The van der Waals surface area contributed by atoms with Gasteiger partial charge in [0.1, 0.15) is 5.52 Å². The second-order valence-electron chi connectivity index (χ2n) is 14.7. The van der Waals surface area contributed by atoms with Gasteiger partial charge < -0.3 is 8.98 Å². The fourth-order valence-corrected chi connectivity index (χ4v) is 8.46. The Balaban J connectivity index is 0.940. The maximum absolute atomic E-state index is 6.06.